The molecule has 21 heavy (non-hydrogen) atoms. The van der Waals surface area contributed by atoms with Crippen molar-refractivity contribution < 1.29 is 8.91 Å². The van der Waals surface area contributed by atoms with E-state index in [0.717, 1.165) is 15.6 Å². The predicted molar refractivity (Wildman–Crippen MR) is 84.2 cm³/mol. The van der Waals surface area contributed by atoms with Crippen LogP contribution in [0.2, 0.25) is 0 Å². The molecule has 106 valence electrons. The number of nitrogens with two attached hydrogens (primary N) is 1. The van der Waals surface area contributed by atoms with Gasteiger partial charge in [-0.25, -0.2) is 4.39 Å². The van der Waals surface area contributed by atoms with E-state index < -0.39 is 0 Å². The Kier molecular flexibility index (Phi) is 3.51. The van der Waals surface area contributed by atoms with Crippen LogP contribution in [0.3, 0.4) is 0 Å². The summed E-state index contributed by atoms with van der Waals surface area (Å²) in [6, 6.07) is 12.4. The average molecular weight is 347 g/mol. The van der Waals surface area contributed by atoms with Crippen LogP contribution in [0.15, 0.2) is 51.5 Å². The number of hydrogen-bond donors (Lipinski definition) is 1. The third-order valence-electron chi connectivity index (χ3n) is 3.28. The summed E-state index contributed by atoms with van der Waals surface area (Å²) in [5.41, 5.74) is 8.81. The van der Waals surface area contributed by atoms with Gasteiger partial charge in [-0.15, -0.1) is 0 Å². The zero-order valence-corrected chi connectivity index (χ0v) is 12.8. The molecule has 0 saturated carbocycles. The van der Waals surface area contributed by atoms with Crippen molar-refractivity contribution in [3.05, 3.63) is 58.3 Å². The van der Waals surface area contributed by atoms with Gasteiger partial charge in [-0.3, -0.25) is 0 Å². The van der Waals surface area contributed by atoms with Crippen LogP contribution in [-0.2, 0) is 0 Å². The molecular weight excluding hydrogens is 335 g/mol. The number of nitrogen functional groups attached to an aromatic ring is 1. The van der Waals surface area contributed by atoms with Gasteiger partial charge in [0.15, 0.2) is 11.6 Å². The van der Waals surface area contributed by atoms with E-state index in [1.165, 1.54) is 6.07 Å². The van der Waals surface area contributed by atoms with Crippen LogP contribution in [0.1, 0.15) is 5.56 Å². The van der Waals surface area contributed by atoms with E-state index in [9.17, 15) is 4.39 Å². The maximum Gasteiger partial charge on any atom is 0.176 e. The zero-order chi connectivity index (χ0) is 15.0. The van der Waals surface area contributed by atoms with Crippen LogP contribution in [0, 0.1) is 12.7 Å². The molecule has 1 heterocycles. The number of aryl methyl sites for hydroxylation is 1. The van der Waals surface area contributed by atoms with E-state index in [1.807, 2.05) is 24.3 Å². The summed E-state index contributed by atoms with van der Waals surface area (Å²) in [5, 5.41) is 3.85. The smallest absolute Gasteiger partial charge is 0.176 e. The summed E-state index contributed by atoms with van der Waals surface area (Å²) in [7, 11) is 0. The van der Waals surface area contributed by atoms with E-state index in [2.05, 4.69) is 21.1 Å². The Bertz CT molecular complexity index is 814. The molecular formula is C16H12BrFN2O. The second-order valence-corrected chi connectivity index (χ2v) is 5.57. The van der Waals surface area contributed by atoms with Gasteiger partial charge in [0.05, 0.1) is 5.56 Å². The molecule has 3 aromatic rings. The summed E-state index contributed by atoms with van der Waals surface area (Å²) >= 11 is 3.50. The molecule has 0 fully saturated rings. The van der Waals surface area contributed by atoms with E-state index in [4.69, 9.17) is 10.3 Å². The first kappa shape index (κ1) is 13.8. The normalized spacial score (nSPS) is 10.8. The number of nitrogens with zero attached hydrogens (tertiary/aromatic N) is 1. The summed E-state index contributed by atoms with van der Waals surface area (Å²) in [6.07, 6.45) is 0. The Morgan fingerprint density at radius 1 is 1.19 bits per heavy atom. The largest absolute Gasteiger partial charge is 0.380 e. The van der Waals surface area contributed by atoms with Crippen LogP contribution < -0.4 is 5.73 Å². The van der Waals surface area contributed by atoms with E-state index in [0.29, 0.717) is 22.7 Å². The molecule has 0 spiro atoms. The lowest BCUT2D eigenvalue weighted by Crippen LogP contribution is -1.90. The molecule has 0 aliphatic rings. The summed E-state index contributed by atoms with van der Waals surface area (Å²) < 4.78 is 19.7. The molecule has 5 heteroatoms. The quantitative estimate of drug-likeness (QED) is 0.724. The van der Waals surface area contributed by atoms with Gasteiger partial charge < -0.3 is 10.3 Å². The Morgan fingerprint density at radius 2 is 1.95 bits per heavy atom. The van der Waals surface area contributed by atoms with Crippen molar-refractivity contribution in [3.63, 3.8) is 0 Å². The van der Waals surface area contributed by atoms with Crippen LogP contribution in [0.4, 0.5) is 10.2 Å². The maximum atomic E-state index is 13.4. The highest BCUT2D eigenvalue weighted by atomic mass is 79.9. The Labute approximate surface area is 129 Å². The standard InChI is InChI=1S/C16H12BrFN2O/c1-9-8-10(6-7-13(9)18)15-14(16(19)20-21-15)11-4-2-3-5-12(11)17/h2-8H,1H3,(H2,19,20). The van der Waals surface area contributed by atoms with Crippen molar-refractivity contribution in [2.24, 2.45) is 0 Å². The van der Waals surface area contributed by atoms with Crippen LogP contribution in [0.25, 0.3) is 22.5 Å². The fourth-order valence-corrected chi connectivity index (χ4v) is 2.69. The lowest BCUT2D eigenvalue weighted by Gasteiger charge is -2.06. The van der Waals surface area contributed by atoms with E-state index in [1.54, 1.807) is 19.1 Å². The number of anilines is 1. The van der Waals surface area contributed by atoms with Crippen molar-refractivity contribution >= 4 is 21.7 Å². The van der Waals surface area contributed by atoms with Gasteiger partial charge in [-0.1, -0.05) is 39.3 Å². The van der Waals surface area contributed by atoms with Gasteiger partial charge in [0.1, 0.15) is 5.82 Å². The zero-order valence-electron chi connectivity index (χ0n) is 11.2. The number of benzene rings is 2. The molecule has 0 saturated heterocycles. The predicted octanol–water partition coefficient (Wildman–Crippen LogP) is 4.80. The Hall–Kier alpha value is -2.14. The van der Waals surface area contributed by atoms with Gasteiger partial charge in [0, 0.05) is 15.6 Å². The van der Waals surface area contributed by atoms with Crippen LogP contribution >= 0.6 is 15.9 Å². The summed E-state index contributed by atoms with van der Waals surface area (Å²) in [4.78, 5) is 0. The second kappa shape index (κ2) is 5.33. The van der Waals surface area contributed by atoms with Gasteiger partial charge in [0.25, 0.3) is 0 Å². The molecule has 0 bridgehead atoms. The first-order valence-electron chi connectivity index (χ1n) is 6.34. The molecule has 0 amide bonds. The van der Waals surface area contributed by atoms with E-state index >= 15 is 0 Å². The lowest BCUT2D eigenvalue weighted by atomic mass is 10.0. The maximum absolute atomic E-state index is 13.4. The molecule has 1 aromatic heterocycles. The van der Waals surface area contributed by atoms with Gasteiger partial charge >= 0.3 is 0 Å². The average Bonchev–Trinajstić information content (AvgIpc) is 2.84. The minimum absolute atomic E-state index is 0.256. The molecule has 0 aliphatic carbocycles. The fourth-order valence-electron chi connectivity index (χ4n) is 2.21. The fraction of sp³-hybridized carbons (Fsp3) is 0.0625. The minimum atomic E-state index is -0.256. The Balaban J connectivity index is 2.22. The molecule has 0 radical (unpaired) electrons. The molecule has 3 rings (SSSR count). The van der Waals surface area contributed by atoms with Crippen molar-refractivity contribution in [2.45, 2.75) is 6.92 Å². The van der Waals surface area contributed by atoms with Crippen molar-refractivity contribution in [3.8, 4) is 22.5 Å². The highest BCUT2D eigenvalue weighted by Crippen LogP contribution is 2.40. The van der Waals surface area contributed by atoms with Crippen molar-refractivity contribution in [1.82, 2.24) is 5.16 Å². The number of hydrogen-bond acceptors (Lipinski definition) is 3. The van der Waals surface area contributed by atoms with Gasteiger partial charge in [0.2, 0.25) is 0 Å². The first-order chi connectivity index (χ1) is 10.1. The third-order valence-corrected chi connectivity index (χ3v) is 3.97. The van der Waals surface area contributed by atoms with Crippen LogP contribution in [0.5, 0.6) is 0 Å². The highest BCUT2D eigenvalue weighted by molar-refractivity contribution is 9.10. The lowest BCUT2D eigenvalue weighted by molar-refractivity contribution is 0.436. The van der Waals surface area contributed by atoms with Crippen molar-refractivity contribution in [1.29, 1.82) is 0 Å². The minimum Gasteiger partial charge on any atom is -0.380 e. The third kappa shape index (κ3) is 2.45. The number of aromatic nitrogens is 1. The molecule has 0 aliphatic heterocycles. The number of halogens is 2. The molecule has 3 nitrogen and oxygen atoms in total. The topological polar surface area (TPSA) is 52.0 Å². The second-order valence-electron chi connectivity index (χ2n) is 4.72. The summed E-state index contributed by atoms with van der Waals surface area (Å²) in [6.45, 7) is 1.71. The first-order valence-corrected chi connectivity index (χ1v) is 7.14. The van der Waals surface area contributed by atoms with E-state index in [-0.39, 0.29) is 5.82 Å². The van der Waals surface area contributed by atoms with Crippen LogP contribution in [-0.4, -0.2) is 5.16 Å². The molecule has 0 unspecified atom stereocenters. The SMILES string of the molecule is Cc1cc(-c2onc(N)c2-c2ccccc2Br)ccc1F. The van der Waals surface area contributed by atoms with Gasteiger partial charge in [-0.2, -0.15) is 0 Å². The van der Waals surface area contributed by atoms with Gasteiger partial charge in [-0.05, 0) is 36.8 Å². The summed E-state index contributed by atoms with van der Waals surface area (Å²) in [5.74, 6) is 0.579. The molecule has 2 N–H and O–H groups in total. The Morgan fingerprint density at radius 3 is 2.67 bits per heavy atom. The highest BCUT2D eigenvalue weighted by Gasteiger charge is 2.19. The monoisotopic (exact) mass is 346 g/mol. The molecule has 0 atom stereocenters. The molecule has 2 aromatic carbocycles. The number of rotatable bonds is 2. The van der Waals surface area contributed by atoms with Crippen molar-refractivity contribution in [2.75, 3.05) is 5.73 Å².